The van der Waals surface area contributed by atoms with E-state index in [4.69, 9.17) is 25.4 Å². The van der Waals surface area contributed by atoms with Crippen molar-refractivity contribution in [1.82, 2.24) is 0 Å². The van der Waals surface area contributed by atoms with E-state index in [1.165, 1.54) is 13.2 Å². The first kappa shape index (κ1) is 18.0. The zero-order valence-electron chi connectivity index (χ0n) is 12.4. The summed E-state index contributed by atoms with van der Waals surface area (Å²) in [6.07, 6.45) is 0.0252. The van der Waals surface area contributed by atoms with Crippen LogP contribution in [0.1, 0.15) is 5.56 Å². The average molecular weight is 315 g/mol. The number of nitrogens with zero attached hydrogens (tertiary/aromatic N) is 1. The smallest absolute Gasteiger partial charge is 0.297 e. The van der Waals surface area contributed by atoms with Gasteiger partial charge in [0.2, 0.25) is 0 Å². The summed E-state index contributed by atoms with van der Waals surface area (Å²) >= 11 is 0. The minimum absolute atomic E-state index is 0.0252. The van der Waals surface area contributed by atoms with Gasteiger partial charge in [0.05, 0.1) is 29.4 Å². The van der Waals surface area contributed by atoms with Crippen LogP contribution in [0.25, 0.3) is 0 Å². The topological polar surface area (TPSA) is 140 Å². The Hall–Kier alpha value is -2.10. The number of aliphatic hydroxyl groups excluding tert-OH is 2. The van der Waals surface area contributed by atoms with Crippen LogP contribution in [0.3, 0.4) is 0 Å². The molecule has 9 heteroatoms. The van der Waals surface area contributed by atoms with Crippen LogP contribution in [0.2, 0.25) is 0 Å². The summed E-state index contributed by atoms with van der Waals surface area (Å²) in [6, 6.07) is 1.42. The molecule has 0 saturated heterocycles. The van der Waals surface area contributed by atoms with E-state index in [1.807, 2.05) is 0 Å². The maximum absolute atomic E-state index is 11.3. The van der Waals surface area contributed by atoms with Gasteiger partial charge in [0, 0.05) is 32.7 Å². The van der Waals surface area contributed by atoms with Crippen molar-refractivity contribution < 1.29 is 24.6 Å². The van der Waals surface area contributed by atoms with Crippen LogP contribution in [-0.4, -0.2) is 55.2 Å². The van der Waals surface area contributed by atoms with E-state index in [-0.39, 0.29) is 61.2 Å². The maximum Gasteiger partial charge on any atom is 0.297 e. The fourth-order valence-corrected chi connectivity index (χ4v) is 1.97. The van der Waals surface area contributed by atoms with Crippen molar-refractivity contribution in [2.45, 2.75) is 6.42 Å². The Bertz CT molecular complexity index is 509. The Morgan fingerprint density at radius 1 is 1.36 bits per heavy atom. The predicted octanol–water partition coefficient (Wildman–Crippen LogP) is 0.141. The van der Waals surface area contributed by atoms with E-state index in [1.54, 1.807) is 0 Å². The van der Waals surface area contributed by atoms with Gasteiger partial charge in [0.1, 0.15) is 18.0 Å². The van der Waals surface area contributed by atoms with Crippen molar-refractivity contribution >= 4 is 17.1 Å². The third kappa shape index (κ3) is 4.45. The summed E-state index contributed by atoms with van der Waals surface area (Å²) in [5.74, 6) is 0.270. The normalized spacial score (nSPS) is 10.5. The van der Waals surface area contributed by atoms with E-state index in [0.717, 1.165) is 0 Å². The van der Waals surface area contributed by atoms with Gasteiger partial charge in [-0.05, 0) is 0 Å². The highest BCUT2D eigenvalue weighted by Crippen LogP contribution is 2.40. The third-order valence-electron chi connectivity index (χ3n) is 2.92. The number of methoxy groups -OCH3 is 1. The second kappa shape index (κ2) is 9.03. The number of ether oxygens (including phenoxy) is 2. The number of rotatable bonds is 10. The molecular weight excluding hydrogens is 294 g/mol. The molecular formula is C13H21N3O6. The molecule has 0 aromatic heterocycles. The lowest BCUT2D eigenvalue weighted by Gasteiger charge is -2.16. The van der Waals surface area contributed by atoms with E-state index < -0.39 is 4.92 Å². The molecule has 0 fully saturated rings. The molecule has 0 bridgehead atoms. The summed E-state index contributed by atoms with van der Waals surface area (Å²) in [5.41, 5.74) is 6.20. The van der Waals surface area contributed by atoms with Crippen LogP contribution in [-0.2, 0) is 11.2 Å². The highest BCUT2D eigenvalue weighted by Gasteiger charge is 2.25. The van der Waals surface area contributed by atoms with Crippen LogP contribution in [0.15, 0.2) is 6.07 Å². The van der Waals surface area contributed by atoms with Crippen molar-refractivity contribution in [3.63, 3.8) is 0 Å². The molecule has 0 saturated carbocycles. The first-order chi connectivity index (χ1) is 10.6. The number of nitrogens with two attached hydrogens (primary N) is 1. The van der Waals surface area contributed by atoms with Crippen LogP contribution in [0.4, 0.5) is 17.1 Å². The van der Waals surface area contributed by atoms with Gasteiger partial charge >= 0.3 is 0 Å². The second-order valence-electron chi connectivity index (χ2n) is 4.39. The SMILES string of the molecule is COCCOc1cc(NCCO)c([N+](=O)[O-])c(CCO)c1N. The minimum atomic E-state index is -0.569. The first-order valence-electron chi connectivity index (χ1n) is 6.73. The second-order valence-corrected chi connectivity index (χ2v) is 4.39. The largest absolute Gasteiger partial charge is 0.489 e. The van der Waals surface area contributed by atoms with Gasteiger partial charge in [0.15, 0.2) is 0 Å². The molecule has 0 unspecified atom stereocenters. The van der Waals surface area contributed by atoms with E-state index in [2.05, 4.69) is 5.32 Å². The van der Waals surface area contributed by atoms with Crippen LogP contribution in [0, 0.1) is 10.1 Å². The van der Waals surface area contributed by atoms with Gasteiger partial charge in [-0.1, -0.05) is 0 Å². The molecule has 124 valence electrons. The molecule has 0 aliphatic rings. The standard InChI is InChI=1S/C13H21N3O6/c1-21-6-7-22-11-8-10(15-3-5-18)13(16(19)20)9(2-4-17)12(11)14/h8,15,17-18H,2-7,14H2,1H3. The number of nitro benzene ring substituents is 1. The van der Waals surface area contributed by atoms with Gasteiger partial charge in [-0.15, -0.1) is 0 Å². The van der Waals surface area contributed by atoms with E-state index in [9.17, 15) is 10.1 Å². The van der Waals surface area contributed by atoms with Gasteiger partial charge in [-0.3, -0.25) is 10.1 Å². The molecule has 0 atom stereocenters. The number of nitrogens with one attached hydrogen (secondary N) is 1. The zero-order chi connectivity index (χ0) is 16.5. The van der Waals surface area contributed by atoms with Gasteiger partial charge < -0.3 is 30.7 Å². The van der Waals surface area contributed by atoms with Crippen LogP contribution in [0.5, 0.6) is 5.75 Å². The highest BCUT2D eigenvalue weighted by atomic mass is 16.6. The van der Waals surface area contributed by atoms with Gasteiger partial charge in [-0.25, -0.2) is 0 Å². The van der Waals surface area contributed by atoms with Gasteiger partial charge in [0.25, 0.3) is 5.69 Å². The average Bonchev–Trinajstić information content (AvgIpc) is 2.49. The molecule has 9 nitrogen and oxygen atoms in total. The molecule has 1 rings (SSSR count). The Morgan fingerprint density at radius 3 is 2.64 bits per heavy atom. The Balaban J connectivity index is 3.28. The van der Waals surface area contributed by atoms with Crippen molar-refractivity contribution in [3.05, 3.63) is 21.7 Å². The molecule has 0 radical (unpaired) electrons. The van der Waals surface area contributed by atoms with E-state index >= 15 is 0 Å². The van der Waals surface area contributed by atoms with Crippen LogP contribution < -0.4 is 15.8 Å². The molecule has 0 heterocycles. The summed E-state index contributed by atoms with van der Waals surface area (Å²) in [7, 11) is 1.52. The zero-order valence-corrected chi connectivity index (χ0v) is 12.4. The Kier molecular flexibility index (Phi) is 7.37. The van der Waals surface area contributed by atoms with E-state index in [0.29, 0.717) is 6.61 Å². The fourth-order valence-electron chi connectivity index (χ4n) is 1.97. The summed E-state index contributed by atoms with van der Waals surface area (Å²) in [5, 5.41) is 32.1. The quantitative estimate of drug-likeness (QED) is 0.207. The number of aliphatic hydroxyl groups is 2. The first-order valence-corrected chi connectivity index (χ1v) is 6.73. The Labute approximate surface area is 127 Å². The molecule has 0 spiro atoms. The number of anilines is 2. The van der Waals surface area contributed by atoms with Crippen LogP contribution >= 0.6 is 0 Å². The number of nitrogen functional groups attached to an aromatic ring is 1. The number of nitro groups is 1. The molecule has 22 heavy (non-hydrogen) atoms. The summed E-state index contributed by atoms with van der Waals surface area (Å²) in [6.45, 7) is 0.241. The number of hydrogen-bond acceptors (Lipinski definition) is 8. The fraction of sp³-hybridized carbons (Fsp3) is 0.538. The molecule has 0 aliphatic carbocycles. The van der Waals surface area contributed by atoms with Crippen molar-refractivity contribution in [1.29, 1.82) is 0 Å². The monoisotopic (exact) mass is 315 g/mol. The van der Waals surface area contributed by atoms with Crippen molar-refractivity contribution in [3.8, 4) is 5.75 Å². The minimum Gasteiger partial charge on any atom is -0.489 e. The summed E-state index contributed by atoms with van der Waals surface area (Å²) < 4.78 is 10.3. The predicted molar refractivity (Wildman–Crippen MR) is 81.2 cm³/mol. The highest BCUT2D eigenvalue weighted by molar-refractivity contribution is 5.78. The molecule has 1 aromatic rings. The maximum atomic E-state index is 11.3. The summed E-state index contributed by atoms with van der Waals surface area (Å²) in [4.78, 5) is 10.7. The lowest BCUT2D eigenvalue weighted by atomic mass is 10.0. The van der Waals surface area contributed by atoms with Crippen molar-refractivity contribution in [2.75, 3.05) is 51.1 Å². The Morgan fingerprint density at radius 2 is 2.09 bits per heavy atom. The molecule has 0 aliphatic heterocycles. The molecule has 1 aromatic carbocycles. The molecule has 0 amide bonds. The lowest BCUT2D eigenvalue weighted by Crippen LogP contribution is -2.13. The number of hydrogen-bond donors (Lipinski definition) is 4. The third-order valence-corrected chi connectivity index (χ3v) is 2.92. The van der Waals surface area contributed by atoms with Crippen molar-refractivity contribution in [2.24, 2.45) is 0 Å². The number of benzene rings is 1. The lowest BCUT2D eigenvalue weighted by molar-refractivity contribution is -0.384. The molecule has 5 N–H and O–H groups in total. The van der Waals surface area contributed by atoms with Gasteiger partial charge in [-0.2, -0.15) is 0 Å².